The lowest BCUT2D eigenvalue weighted by atomic mass is 10.1. The molecule has 2 aromatic rings. The van der Waals surface area contributed by atoms with Gasteiger partial charge in [-0.1, -0.05) is 41.1 Å². The number of benzene rings is 2. The maximum absolute atomic E-state index is 12.1. The van der Waals surface area contributed by atoms with Gasteiger partial charge in [-0.05, 0) is 42.7 Å². The first-order valence-electron chi connectivity index (χ1n) is 7.54. The molecule has 1 amide bonds. The Morgan fingerprint density at radius 1 is 1.29 bits per heavy atom. The van der Waals surface area contributed by atoms with Gasteiger partial charge in [0.25, 0.3) is 0 Å². The molecular weight excluding hydrogens is 377 g/mol. The summed E-state index contributed by atoms with van der Waals surface area (Å²) in [5, 5.41) is 2.51. The lowest BCUT2D eigenvalue weighted by Crippen LogP contribution is -2.15. The Bertz CT molecular complexity index is 721. The van der Waals surface area contributed by atoms with Crippen LogP contribution in [0.25, 0.3) is 0 Å². The molecule has 6 heteroatoms. The zero-order valence-corrected chi connectivity index (χ0v) is 15.2. The van der Waals surface area contributed by atoms with E-state index in [4.69, 9.17) is 4.74 Å². The van der Waals surface area contributed by atoms with E-state index in [0.29, 0.717) is 5.69 Å². The minimum atomic E-state index is -1.17. The second-order valence-electron chi connectivity index (χ2n) is 5.17. The van der Waals surface area contributed by atoms with Crippen molar-refractivity contribution >= 4 is 27.7 Å². The number of halogens is 2. The predicted molar refractivity (Wildman–Crippen MR) is 95.1 cm³/mol. The van der Waals surface area contributed by atoms with Gasteiger partial charge in [0.05, 0.1) is 5.69 Å². The summed E-state index contributed by atoms with van der Waals surface area (Å²) >= 11 is 3.44. The Balaban J connectivity index is 2.16. The molecule has 0 spiro atoms. The zero-order chi connectivity index (χ0) is 17.5. The van der Waals surface area contributed by atoms with Gasteiger partial charge in [-0.3, -0.25) is 5.32 Å². The number of ether oxygens (including phenoxy) is 2. The molecule has 0 saturated heterocycles. The highest BCUT2D eigenvalue weighted by molar-refractivity contribution is 9.10. The van der Waals surface area contributed by atoms with E-state index in [-0.39, 0.29) is 6.61 Å². The number of hydrogen-bond acceptors (Lipinski definition) is 3. The molecule has 0 aromatic heterocycles. The summed E-state index contributed by atoms with van der Waals surface area (Å²) in [5.74, 6) is 0.778. The Labute approximate surface area is 149 Å². The normalized spacial score (nSPS) is 10.3. The van der Waals surface area contributed by atoms with Crippen LogP contribution in [0.2, 0.25) is 0 Å². The SMILES string of the molecule is CCc1ccc(OCc2c(Br)cccc2NC(=O)OCF)c(C)c1. The molecule has 0 aliphatic carbocycles. The van der Waals surface area contributed by atoms with Gasteiger partial charge in [0, 0.05) is 10.0 Å². The van der Waals surface area contributed by atoms with Gasteiger partial charge in [0.15, 0.2) is 0 Å². The largest absolute Gasteiger partial charge is 0.489 e. The van der Waals surface area contributed by atoms with Gasteiger partial charge in [-0.25, -0.2) is 9.18 Å². The van der Waals surface area contributed by atoms with E-state index in [0.717, 1.165) is 27.8 Å². The average Bonchev–Trinajstić information content (AvgIpc) is 2.55. The molecule has 0 radical (unpaired) electrons. The number of anilines is 1. The van der Waals surface area contributed by atoms with Crippen LogP contribution in [0, 0.1) is 6.92 Å². The van der Waals surface area contributed by atoms with Gasteiger partial charge < -0.3 is 9.47 Å². The topological polar surface area (TPSA) is 47.6 Å². The summed E-state index contributed by atoms with van der Waals surface area (Å²) in [6.45, 7) is 3.17. The van der Waals surface area contributed by atoms with Gasteiger partial charge in [-0.2, -0.15) is 0 Å². The maximum Gasteiger partial charge on any atom is 0.413 e. The minimum Gasteiger partial charge on any atom is -0.489 e. The Hall–Kier alpha value is -2.08. The molecule has 0 saturated carbocycles. The fourth-order valence-electron chi connectivity index (χ4n) is 2.26. The van der Waals surface area contributed by atoms with Crippen LogP contribution in [0.15, 0.2) is 40.9 Å². The molecule has 1 N–H and O–H groups in total. The van der Waals surface area contributed by atoms with Gasteiger partial charge in [0.2, 0.25) is 6.86 Å². The maximum atomic E-state index is 12.1. The van der Waals surface area contributed by atoms with Crippen LogP contribution in [0.5, 0.6) is 5.75 Å². The van der Waals surface area contributed by atoms with Crippen molar-refractivity contribution in [2.45, 2.75) is 26.9 Å². The van der Waals surface area contributed by atoms with E-state index in [2.05, 4.69) is 39.0 Å². The van der Waals surface area contributed by atoms with E-state index in [1.165, 1.54) is 5.56 Å². The third-order valence-electron chi connectivity index (χ3n) is 3.56. The van der Waals surface area contributed by atoms with Crippen molar-refractivity contribution in [3.63, 3.8) is 0 Å². The quantitative estimate of drug-likeness (QED) is 0.714. The lowest BCUT2D eigenvalue weighted by Gasteiger charge is -2.15. The monoisotopic (exact) mass is 395 g/mol. The molecule has 2 rings (SSSR count). The first-order chi connectivity index (χ1) is 11.5. The summed E-state index contributed by atoms with van der Waals surface area (Å²) in [7, 11) is 0. The number of aryl methyl sites for hydroxylation is 2. The number of alkyl halides is 1. The molecule has 0 fully saturated rings. The van der Waals surface area contributed by atoms with E-state index in [9.17, 15) is 9.18 Å². The highest BCUT2D eigenvalue weighted by Gasteiger charge is 2.12. The third kappa shape index (κ3) is 4.71. The Morgan fingerprint density at radius 2 is 2.08 bits per heavy atom. The number of rotatable bonds is 6. The van der Waals surface area contributed by atoms with Gasteiger partial charge in [-0.15, -0.1) is 0 Å². The summed E-state index contributed by atoms with van der Waals surface area (Å²) in [4.78, 5) is 11.4. The molecule has 0 aliphatic rings. The number of carbonyl (C=O) groups excluding carboxylic acids is 1. The predicted octanol–water partition coefficient (Wildman–Crippen LogP) is 5.37. The molecule has 0 atom stereocenters. The first kappa shape index (κ1) is 18.3. The van der Waals surface area contributed by atoms with Crippen LogP contribution in [0.4, 0.5) is 14.9 Å². The van der Waals surface area contributed by atoms with Crippen LogP contribution in [-0.4, -0.2) is 13.0 Å². The van der Waals surface area contributed by atoms with Crippen molar-refractivity contribution in [1.29, 1.82) is 0 Å². The number of hydrogen-bond donors (Lipinski definition) is 1. The van der Waals surface area contributed by atoms with E-state index < -0.39 is 13.0 Å². The standard InChI is InChI=1S/C18H19BrFNO3/c1-3-13-7-8-17(12(2)9-13)23-10-14-15(19)5-4-6-16(14)21-18(22)24-11-20/h4-9H,3,10-11H2,1-2H3,(H,21,22). The van der Waals surface area contributed by atoms with E-state index in [1.807, 2.05) is 25.1 Å². The molecule has 24 heavy (non-hydrogen) atoms. The van der Waals surface area contributed by atoms with Crippen LogP contribution in [-0.2, 0) is 17.8 Å². The molecule has 0 heterocycles. The van der Waals surface area contributed by atoms with Crippen LogP contribution < -0.4 is 10.1 Å². The van der Waals surface area contributed by atoms with Crippen LogP contribution in [0.1, 0.15) is 23.6 Å². The summed E-state index contributed by atoms with van der Waals surface area (Å²) < 4.78 is 23.0. The van der Waals surface area contributed by atoms with Crippen molar-refractivity contribution in [3.05, 3.63) is 57.6 Å². The first-order valence-corrected chi connectivity index (χ1v) is 8.34. The zero-order valence-electron chi connectivity index (χ0n) is 13.6. The Morgan fingerprint density at radius 3 is 2.75 bits per heavy atom. The van der Waals surface area contributed by atoms with Crippen molar-refractivity contribution in [1.82, 2.24) is 0 Å². The number of nitrogens with one attached hydrogen (secondary N) is 1. The molecule has 0 bridgehead atoms. The Kier molecular flexibility index (Phi) is 6.61. The van der Waals surface area contributed by atoms with Gasteiger partial charge >= 0.3 is 6.09 Å². The summed E-state index contributed by atoms with van der Waals surface area (Å²) in [6, 6.07) is 11.4. The minimum absolute atomic E-state index is 0.249. The third-order valence-corrected chi connectivity index (χ3v) is 4.30. The molecule has 4 nitrogen and oxygen atoms in total. The highest BCUT2D eigenvalue weighted by atomic mass is 79.9. The number of amides is 1. The van der Waals surface area contributed by atoms with Crippen molar-refractivity contribution in [3.8, 4) is 5.75 Å². The van der Waals surface area contributed by atoms with Crippen molar-refractivity contribution in [2.75, 3.05) is 12.2 Å². The van der Waals surface area contributed by atoms with E-state index >= 15 is 0 Å². The van der Waals surface area contributed by atoms with Crippen molar-refractivity contribution < 1.29 is 18.7 Å². The highest BCUT2D eigenvalue weighted by Crippen LogP contribution is 2.28. The molecule has 128 valence electrons. The molecule has 2 aromatic carbocycles. The molecular formula is C18H19BrFNO3. The van der Waals surface area contributed by atoms with Crippen LogP contribution >= 0.6 is 15.9 Å². The van der Waals surface area contributed by atoms with Gasteiger partial charge in [0.1, 0.15) is 12.4 Å². The van der Waals surface area contributed by atoms with Crippen molar-refractivity contribution in [2.24, 2.45) is 0 Å². The summed E-state index contributed by atoms with van der Waals surface area (Å²) in [6.07, 6.45) is 0.121. The second-order valence-corrected chi connectivity index (χ2v) is 6.03. The molecule has 0 aliphatic heterocycles. The molecule has 0 unspecified atom stereocenters. The fourth-order valence-corrected chi connectivity index (χ4v) is 2.74. The summed E-state index contributed by atoms with van der Waals surface area (Å²) in [5.41, 5.74) is 3.54. The average molecular weight is 396 g/mol. The number of carbonyl (C=O) groups is 1. The smallest absolute Gasteiger partial charge is 0.413 e. The lowest BCUT2D eigenvalue weighted by molar-refractivity contribution is 0.111. The second kappa shape index (κ2) is 8.68. The van der Waals surface area contributed by atoms with Crippen LogP contribution in [0.3, 0.4) is 0 Å². The van der Waals surface area contributed by atoms with E-state index in [1.54, 1.807) is 12.1 Å². The fraction of sp³-hybridized carbons (Fsp3) is 0.278.